The summed E-state index contributed by atoms with van der Waals surface area (Å²) >= 11 is 0. The smallest absolute Gasteiger partial charge is 0.377 e. The van der Waals surface area contributed by atoms with Crippen molar-refractivity contribution in [3.63, 3.8) is 0 Å². The molecule has 108 valence electrons. The SMILES string of the molecule is CCOC(C)C(Cc1cccc(C(F)(F)F)c1)NC. The largest absolute Gasteiger partial charge is 0.416 e. The van der Waals surface area contributed by atoms with Crippen LogP contribution in [0.4, 0.5) is 13.2 Å². The molecule has 0 saturated carbocycles. The summed E-state index contributed by atoms with van der Waals surface area (Å²) in [6, 6.07) is 5.42. The molecule has 0 aliphatic carbocycles. The van der Waals surface area contributed by atoms with Crippen LogP contribution in [0, 0.1) is 0 Å². The number of halogens is 3. The van der Waals surface area contributed by atoms with Gasteiger partial charge in [-0.3, -0.25) is 0 Å². The third-order valence-electron chi connectivity index (χ3n) is 3.08. The van der Waals surface area contributed by atoms with Crippen LogP contribution in [0.1, 0.15) is 25.0 Å². The first-order valence-electron chi connectivity index (χ1n) is 6.33. The van der Waals surface area contributed by atoms with Gasteiger partial charge in [-0.25, -0.2) is 0 Å². The standard InChI is InChI=1S/C14H20F3NO/c1-4-19-10(2)13(18-3)9-11-6-5-7-12(8-11)14(15,16)17/h5-8,10,13,18H,4,9H2,1-3H3. The molecule has 0 aliphatic heterocycles. The van der Waals surface area contributed by atoms with E-state index in [1.54, 1.807) is 13.1 Å². The van der Waals surface area contributed by atoms with Crippen LogP contribution in [0.5, 0.6) is 0 Å². The Hall–Kier alpha value is -1.07. The summed E-state index contributed by atoms with van der Waals surface area (Å²) in [5, 5.41) is 3.09. The quantitative estimate of drug-likeness (QED) is 0.860. The lowest BCUT2D eigenvalue weighted by molar-refractivity contribution is -0.137. The monoisotopic (exact) mass is 275 g/mol. The van der Waals surface area contributed by atoms with E-state index in [2.05, 4.69) is 5.32 Å². The molecule has 1 N–H and O–H groups in total. The average molecular weight is 275 g/mol. The van der Waals surface area contributed by atoms with E-state index in [0.29, 0.717) is 18.6 Å². The highest BCUT2D eigenvalue weighted by Gasteiger charge is 2.30. The maximum Gasteiger partial charge on any atom is 0.416 e. The molecule has 1 aromatic carbocycles. The summed E-state index contributed by atoms with van der Waals surface area (Å²) in [6.45, 7) is 4.40. The summed E-state index contributed by atoms with van der Waals surface area (Å²) in [5.41, 5.74) is 0.0460. The minimum atomic E-state index is -4.29. The lowest BCUT2D eigenvalue weighted by atomic mass is 10.0. The van der Waals surface area contributed by atoms with Crippen LogP contribution in [0.15, 0.2) is 24.3 Å². The normalized spacial score (nSPS) is 15.3. The van der Waals surface area contributed by atoms with E-state index in [0.717, 1.165) is 6.07 Å². The van der Waals surface area contributed by atoms with Gasteiger partial charge >= 0.3 is 6.18 Å². The zero-order valence-corrected chi connectivity index (χ0v) is 11.4. The van der Waals surface area contributed by atoms with Crippen LogP contribution < -0.4 is 5.32 Å². The molecule has 19 heavy (non-hydrogen) atoms. The van der Waals surface area contributed by atoms with E-state index >= 15 is 0 Å². The molecule has 2 nitrogen and oxygen atoms in total. The molecule has 5 heteroatoms. The number of hydrogen-bond acceptors (Lipinski definition) is 2. The first kappa shape index (κ1) is 16.0. The Morgan fingerprint density at radius 1 is 1.32 bits per heavy atom. The molecule has 0 amide bonds. The number of nitrogens with one attached hydrogen (secondary N) is 1. The summed E-state index contributed by atoms with van der Waals surface area (Å²) in [4.78, 5) is 0. The first-order valence-corrected chi connectivity index (χ1v) is 6.33. The molecule has 0 bridgehead atoms. The third-order valence-corrected chi connectivity index (χ3v) is 3.08. The van der Waals surface area contributed by atoms with Gasteiger partial charge in [-0.05, 0) is 38.9 Å². The Morgan fingerprint density at radius 2 is 2.00 bits per heavy atom. The molecule has 0 radical (unpaired) electrons. The van der Waals surface area contributed by atoms with Crippen molar-refractivity contribution in [3.05, 3.63) is 35.4 Å². The zero-order valence-electron chi connectivity index (χ0n) is 11.4. The molecule has 0 aromatic heterocycles. The first-order chi connectivity index (χ1) is 8.88. The Morgan fingerprint density at radius 3 is 2.53 bits per heavy atom. The molecule has 0 heterocycles. The minimum absolute atomic E-state index is 0.0107. The van der Waals surface area contributed by atoms with Crippen LogP contribution in [0.25, 0.3) is 0 Å². The van der Waals surface area contributed by atoms with Crippen LogP contribution in [0.3, 0.4) is 0 Å². The number of alkyl halides is 3. The van der Waals surface area contributed by atoms with E-state index < -0.39 is 11.7 Å². The maximum atomic E-state index is 12.6. The third kappa shape index (κ3) is 4.84. The number of hydrogen-bond donors (Lipinski definition) is 1. The van der Waals surface area contributed by atoms with E-state index in [1.165, 1.54) is 12.1 Å². The Balaban J connectivity index is 2.80. The fraction of sp³-hybridized carbons (Fsp3) is 0.571. The Kier molecular flexibility index (Phi) is 5.82. The van der Waals surface area contributed by atoms with Crippen molar-refractivity contribution < 1.29 is 17.9 Å². The fourth-order valence-corrected chi connectivity index (χ4v) is 2.01. The van der Waals surface area contributed by atoms with Crippen molar-refractivity contribution in [1.82, 2.24) is 5.32 Å². The van der Waals surface area contributed by atoms with Crippen molar-refractivity contribution in [2.24, 2.45) is 0 Å². The molecular weight excluding hydrogens is 255 g/mol. The van der Waals surface area contributed by atoms with Gasteiger partial charge in [-0.15, -0.1) is 0 Å². The summed E-state index contributed by atoms with van der Waals surface area (Å²) in [6.07, 6.45) is -3.84. The van der Waals surface area contributed by atoms with Gasteiger partial charge in [0.15, 0.2) is 0 Å². The number of benzene rings is 1. The molecular formula is C14H20F3NO. The van der Waals surface area contributed by atoms with E-state index in [-0.39, 0.29) is 12.1 Å². The lowest BCUT2D eigenvalue weighted by Gasteiger charge is -2.23. The van der Waals surface area contributed by atoms with E-state index in [9.17, 15) is 13.2 Å². The summed E-state index contributed by atoms with van der Waals surface area (Å²) in [7, 11) is 1.79. The summed E-state index contributed by atoms with van der Waals surface area (Å²) < 4.78 is 43.4. The lowest BCUT2D eigenvalue weighted by Crippen LogP contribution is -2.39. The number of ether oxygens (including phenoxy) is 1. The molecule has 1 aromatic rings. The second-order valence-electron chi connectivity index (χ2n) is 4.46. The van der Waals surface area contributed by atoms with Crippen LogP contribution >= 0.6 is 0 Å². The molecule has 2 unspecified atom stereocenters. The topological polar surface area (TPSA) is 21.3 Å². The van der Waals surface area contributed by atoms with Crippen molar-refractivity contribution in [2.75, 3.05) is 13.7 Å². The van der Waals surface area contributed by atoms with Gasteiger partial charge in [0.1, 0.15) is 0 Å². The van der Waals surface area contributed by atoms with Crippen molar-refractivity contribution >= 4 is 0 Å². The highest BCUT2D eigenvalue weighted by molar-refractivity contribution is 5.26. The average Bonchev–Trinajstić information content (AvgIpc) is 2.35. The van der Waals surface area contributed by atoms with Crippen molar-refractivity contribution in [1.29, 1.82) is 0 Å². The van der Waals surface area contributed by atoms with Gasteiger partial charge in [-0.2, -0.15) is 13.2 Å². The van der Waals surface area contributed by atoms with Crippen molar-refractivity contribution in [2.45, 2.75) is 38.6 Å². The highest BCUT2D eigenvalue weighted by Crippen LogP contribution is 2.29. The molecule has 1 rings (SSSR count). The molecule has 0 fully saturated rings. The van der Waals surface area contributed by atoms with E-state index in [4.69, 9.17) is 4.74 Å². The molecule has 2 atom stereocenters. The predicted molar refractivity (Wildman–Crippen MR) is 69.1 cm³/mol. The number of rotatable bonds is 6. The second-order valence-corrected chi connectivity index (χ2v) is 4.46. The second kappa shape index (κ2) is 6.91. The highest BCUT2D eigenvalue weighted by atomic mass is 19.4. The van der Waals surface area contributed by atoms with Gasteiger partial charge in [0, 0.05) is 12.6 Å². The Bertz CT molecular complexity index is 393. The summed E-state index contributed by atoms with van der Waals surface area (Å²) in [5.74, 6) is 0. The Labute approximate surface area is 112 Å². The molecule has 0 aliphatic rings. The van der Waals surface area contributed by atoms with Gasteiger partial charge in [0.25, 0.3) is 0 Å². The van der Waals surface area contributed by atoms with Crippen LogP contribution in [-0.4, -0.2) is 25.8 Å². The van der Waals surface area contributed by atoms with Gasteiger partial charge in [-0.1, -0.05) is 18.2 Å². The van der Waals surface area contributed by atoms with E-state index in [1.807, 2.05) is 13.8 Å². The van der Waals surface area contributed by atoms with Gasteiger partial charge in [0.2, 0.25) is 0 Å². The molecule has 0 spiro atoms. The van der Waals surface area contributed by atoms with Crippen LogP contribution in [-0.2, 0) is 17.3 Å². The number of likely N-dealkylation sites (N-methyl/N-ethyl adjacent to an activating group) is 1. The maximum absolute atomic E-state index is 12.6. The van der Waals surface area contributed by atoms with Gasteiger partial charge in [0.05, 0.1) is 11.7 Å². The van der Waals surface area contributed by atoms with Crippen LogP contribution in [0.2, 0.25) is 0 Å². The van der Waals surface area contributed by atoms with Gasteiger partial charge < -0.3 is 10.1 Å². The molecule has 0 saturated heterocycles. The predicted octanol–water partition coefficient (Wildman–Crippen LogP) is 3.26. The van der Waals surface area contributed by atoms with Crippen molar-refractivity contribution in [3.8, 4) is 0 Å². The minimum Gasteiger partial charge on any atom is -0.377 e. The fourth-order valence-electron chi connectivity index (χ4n) is 2.01. The zero-order chi connectivity index (χ0) is 14.5.